The van der Waals surface area contributed by atoms with Crippen LogP contribution in [-0.2, 0) is 0 Å². The second-order valence-corrected chi connectivity index (χ2v) is 5.52. The summed E-state index contributed by atoms with van der Waals surface area (Å²) in [4.78, 5) is 12.7. The summed E-state index contributed by atoms with van der Waals surface area (Å²) in [7, 11) is 0. The normalized spacial score (nSPS) is 10.3. The number of rotatable bonds is 2. The van der Waals surface area contributed by atoms with Gasteiger partial charge in [-0.1, -0.05) is 11.6 Å². The van der Waals surface area contributed by atoms with E-state index in [1.807, 2.05) is 0 Å². The van der Waals surface area contributed by atoms with Crippen LogP contribution in [0.25, 0.3) is 0 Å². The number of anilines is 1. The highest BCUT2D eigenvalue weighted by Crippen LogP contribution is 2.25. The van der Waals surface area contributed by atoms with Crippen molar-refractivity contribution in [2.24, 2.45) is 0 Å². The molecular formula is C13H8BrClFNOS. The summed E-state index contributed by atoms with van der Waals surface area (Å²) >= 11 is 13.3. The maximum atomic E-state index is 13.1. The molecule has 1 amide bonds. The molecule has 0 fully saturated rings. The van der Waals surface area contributed by atoms with Gasteiger partial charge in [-0.2, -0.15) is 0 Å². The van der Waals surface area contributed by atoms with Crippen LogP contribution in [0.4, 0.5) is 10.1 Å². The Labute approximate surface area is 128 Å². The van der Waals surface area contributed by atoms with Crippen molar-refractivity contribution in [2.75, 3.05) is 5.32 Å². The van der Waals surface area contributed by atoms with Gasteiger partial charge in [-0.05, 0) is 52.3 Å². The molecule has 0 bridgehead atoms. The molecule has 2 rings (SSSR count). The van der Waals surface area contributed by atoms with Crippen molar-refractivity contribution in [2.45, 2.75) is 4.90 Å². The molecule has 98 valence electrons. The van der Waals surface area contributed by atoms with Gasteiger partial charge in [-0.15, -0.1) is 12.6 Å². The van der Waals surface area contributed by atoms with Crippen molar-refractivity contribution >= 4 is 51.8 Å². The van der Waals surface area contributed by atoms with E-state index in [9.17, 15) is 9.18 Å². The van der Waals surface area contributed by atoms with Crippen LogP contribution in [0.1, 0.15) is 10.4 Å². The third kappa shape index (κ3) is 3.49. The SMILES string of the molecule is O=C(Nc1cc(F)ccc1Cl)c1cc(S)ccc1Br. The molecule has 2 nitrogen and oxygen atoms in total. The first kappa shape index (κ1) is 14.4. The predicted octanol–water partition coefficient (Wildman–Crippen LogP) is 4.78. The summed E-state index contributed by atoms with van der Waals surface area (Å²) in [5, 5.41) is 2.83. The van der Waals surface area contributed by atoms with Crippen molar-refractivity contribution in [1.82, 2.24) is 0 Å². The minimum absolute atomic E-state index is 0.225. The Balaban J connectivity index is 2.30. The Bertz CT molecular complexity index is 651. The van der Waals surface area contributed by atoms with E-state index in [1.165, 1.54) is 18.2 Å². The second kappa shape index (κ2) is 5.94. The smallest absolute Gasteiger partial charge is 0.256 e. The fourth-order valence-electron chi connectivity index (χ4n) is 1.47. The van der Waals surface area contributed by atoms with Crippen molar-refractivity contribution in [3.63, 3.8) is 0 Å². The largest absolute Gasteiger partial charge is 0.321 e. The van der Waals surface area contributed by atoms with Gasteiger partial charge in [0, 0.05) is 9.37 Å². The van der Waals surface area contributed by atoms with Gasteiger partial charge in [-0.3, -0.25) is 4.79 Å². The van der Waals surface area contributed by atoms with E-state index >= 15 is 0 Å². The number of thiol groups is 1. The molecule has 0 spiro atoms. The minimum atomic E-state index is -0.471. The molecule has 0 atom stereocenters. The zero-order valence-electron chi connectivity index (χ0n) is 9.45. The standard InChI is InChI=1S/C13H8BrClFNOS/c14-10-3-2-8(19)6-9(10)13(18)17-12-5-7(16)1-4-11(12)15/h1-6,19H,(H,17,18). The number of hydrogen-bond acceptors (Lipinski definition) is 2. The summed E-state index contributed by atoms with van der Waals surface area (Å²) in [6.45, 7) is 0. The summed E-state index contributed by atoms with van der Waals surface area (Å²) in [6.07, 6.45) is 0. The van der Waals surface area contributed by atoms with E-state index in [0.717, 1.165) is 0 Å². The lowest BCUT2D eigenvalue weighted by Gasteiger charge is -2.09. The topological polar surface area (TPSA) is 29.1 Å². The van der Waals surface area contributed by atoms with Crippen LogP contribution in [0.3, 0.4) is 0 Å². The highest BCUT2D eigenvalue weighted by Gasteiger charge is 2.12. The molecular weight excluding hydrogens is 353 g/mol. The Morgan fingerprint density at radius 1 is 1.26 bits per heavy atom. The lowest BCUT2D eigenvalue weighted by atomic mass is 10.2. The van der Waals surface area contributed by atoms with Gasteiger partial charge in [0.1, 0.15) is 5.82 Å². The maximum absolute atomic E-state index is 13.1. The van der Waals surface area contributed by atoms with E-state index in [4.69, 9.17) is 11.6 Å². The van der Waals surface area contributed by atoms with Crippen LogP contribution in [-0.4, -0.2) is 5.91 Å². The van der Waals surface area contributed by atoms with Crippen LogP contribution in [0.15, 0.2) is 45.8 Å². The number of nitrogens with one attached hydrogen (secondary N) is 1. The zero-order valence-corrected chi connectivity index (χ0v) is 12.7. The van der Waals surface area contributed by atoms with Crippen LogP contribution in [0.5, 0.6) is 0 Å². The average Bonchev–Trinajstić information content (AvgIpc) is 2.36. The molecule has 2 aromatic rings. The molecule has 0 aliphatic carbocycles. The van der Waals surface area contributed by atoms with Crippen LogP contribution < -0.4 is 5.32 Å². The molecule has 0 unspecified atom stereocenters. The van der Waals surface area contributed by atoms with Gasteiger partial charge in [0.15, 0.2) is 0 Å². The van der Waals surface area contributed by atoms with Gasteiger partial charge < -0.3 is 5.32 Å². The Kier molecular flexibility index (Phi) is 4.50. The molecule has 0 heterocycles. The third-order valence-electron chi connectivity index (χ3n) is 2.37. The number of benzene rings is 2. The molecule has 0 saturated carbocycles. The third-order valence-corrected chi connectivity index (χ3v) is 3.67. The Hall–Kier alpha value is -1.04. The first-order valence-electron chi connectivity index (χ1n) is 5.22. The van der Waals surface area contributed by atoms with Crippen LogP contribution in [0.2, 0.25) is 5.02 Å². The fourth-order valence-corrected chi connectivity index (χ4v) is 2.27. The van der Waals surface area contributed by atoms with Crippen LogP contribution in [0, 0.1) is 5.82 Å². The van der Waals surface area contributed by atoms with Gasteiger partial charge in [0.05, 0.1) is 16.3 Å². The molecule has 19 heavy (non-hydrogen) atoms. The molecule has 0 aromatic heterocycles. The van der Waals surface area contributed by atoms with Crippen molar-refractivity contribution in [3.05, 3.63) is 57.3 Å². The van der Waals surface area contributed by atoms with Crippen molar-refractivity contribution < 1.29 is 9.18 Å². The van der Waals surface area contributed by atoms with E-state index in [0.29, 0.717) is 14.9 Å². The van der Waals surface area contributed by atoms with Crippen molar-refractivity contribution in [1.29, 1.82) is 0 Å². The lowest BCUT2D eigenvalue weighted by Crippen LogP contribution is -2.13. The number of amides is 1. The van der Waals surface area contributed by atoms with Gasteiger partial charge >= 0.3 is 0 Å². The molecule has 2 aromatic carbocycles. The predicted molar refractivity (Wildman–Crippen MR) is 80.8 cm³/mol. The first-order valence-corrected chi connectivity index (χ1v) is 6.84. The minimum Gasteiger partial charge on any atom is -0.321 e. The summed E-state index contributed by atoms with van der Waals surface area (Å²) < 4.78 is 13.7. The summed E-state index contributed by atoms with van der Waals surface area (Å²) in [5.74, 6) is -0.864. The monoisotopic (exact) mass is 359 g/mol. The molecule has 0 aliphatic rings. The van der Waals surface area contributed by atoms with E-state index in [1.54, 1.807) is 18.2 Å². The summed E-state index contributed by atoms with van der Waals surface area (Å²) in [5.41, 5.74) is 0.621. The number of hydrogen-bond donors (Lipinski definition) is 2. The number of carbonyl (C=O) groups excluding carboxylic acids is 1. The average molecular weight is 361 g/mol. The maximum Gasteiger partial charge on any atom is 0.256 e. The highest BCUT2D eigenvalue weighted by molar-refractivity contribution is 9.10. The molecule has 6 heteroatoms. The second-order valence-electron chi connectivity index (χ2n) is 3.74. The van der Waals surface area contributed by atoms with Crippen molar-refractivity contribution in [3.8, 4) is 0 Å². The van der Waals surface area contributed by atoms with E-state index < -0.39 is 11.7 Å². The zero-order chi connectivity index (χ0) is 14.0. The highest BCUT2D eigenvalue weighted by atomic mass is 79.9. The Morgan fingerprint density at radius 2 is 2.00 bits per heavy atom. The van der Waals surface area contributed by atoms with E-state index in [-0.39, 0.29) is 10.7 Å². The first-order chi connectivity index (χ1) is 8.97. The van der Waals surface area contributed by atoms with Gasteiger partial charge in [-0.25, -0.2) is 4.39 Å². The van der Waals surface area contributed by atoms with Gasteiger partial charge in [0.25, 0.3) is 5.91 Å². The molecule has 0 aliphatic heterocycles. The fraction of sp³-hybridized carbons (Fsp3) is 0. The van der Waals surface area contributed by atoms with Crippen LogP contribution >= 0.6 is 40.2 Å². The number of carbonyl (C=O) groups is 1. The molecule has 0 radical (unpaired) electrons. The molecule has 0 saturated heterocycles. The lowest BCUT2D eigenvalue weighted by molar-refractivity contribution is 0.102. The number of halogens is 3. The summed E-state index contributed by atoms with van der Waals surface area (Å²) in [6, 6.07) is 8.84. The van der Waals surface area contributed by atoms with E-state index in [2.05, 4.69) is 33.9 Å². The Morgan fingerprint density at radius 3 is 2.74 bits per heavy atom. The van der Waals surface area contributed by atoms with Gasteiger partial charge in [0.2, 0.25) is 0 Å². The quantitative estimate of drug-likeness (QED) is 0.741. The molecule has 1 N–H and O–H groups in total.